The molecule has 2 saturated heterocycles. The van der Waals surface area contributed by atoms with Crippen molar-refractivity contribution in [3.63, 3.8) is 0 Å². The first-order valence-corrected chi connectivity index (χ1v) is 12.7. The van der Waals surface area contributed by atoms with Gasteiger partial charge in [0, 0.05) is 64.1 Å². The second-order valence-electron chi connectivity index (χ2n) is 9.56. The maximum atomic E-state index is 14.3. The lowest BCUT2D eigenvalue weighted by molar-refractivity contribution is 0.0389. The number of pyridine rings is 1. The standard InChI is InChI=1S/C27H33FN6O3/c1-31-9-11-33(12-10-31)13-15-36-21-5-3-20(4-6-21)25-19-34(14-16-37-25)27-30-24(17-26(35)32(27)2)22-7-8-29-18-23(22)28/h3-8,17-18,25H,9-16,19H2,1-2H3. The summed E-state index contributed by atoms with van der Waals surface area (Å²) in [4.78, 5) is 27.9. The number of anilines is 1. The number of halogens is 1. The summed E-state index contributed by atoms with van der Waals surface area (Å²) in [5, 5.41) is 0. The minimum Gasteiger partial charge on any atom is -0.492 e. The molecule has 1 atom stereocenters. The topological polar surface area (TPSA) is 76.0 Å². The molecule has 0 amide bonds. The molecule has 196 valence electrons. The summed E-state index contributed by atoms with van der Waals surface area (Å²) in [5.41, 5.74) is 1.32. The van der Waals surface area contributed by atoms with Gasteiger partial charge in [-0.3, -0.25) is 19.2 Å². The zero-order chi connectivity index (χ0) is 25.8. The van der Waals surface area contributed by atoms with Crippen LogP contribution in [0.1, 0.15) is 11.7 Å². The van der Waals surface area contributed by atoms with E-state index in [1.165, 1.54) is 22.9 Å². The summed E-state index contributed by atoms with van der Waals surface area (Å²) in [7, 11) is 3.83. The van der Waals surface area contributed by atoms with Crippen LogP contribution in [0.3, 0.4) is 0 Å². The van der Waals surface area contributed by atoms with Crippen molar-refractivity contribution in [2.24, 2.45) is 7.05 Å². The predicted octanol–water partition coefficient (Wildman–Crippen LogP) is 2.19. The molecule has 2 aromatic heterocycles. The highest BCUT2D eigenvalue weighted by Gasteiger charge is 2.25. The zero-order valence-corrected chi connectivity index (χ0v) is 21.3. The maximum Gasteiger partial charge on any atom is 0.255 e. The number of rotatable bonds is 7. The fraction of sp³-hybridized carbons (Fsp3) is 0.444. The van der Waals surface area contributed by atoms with E-state index in [1.807, 2.05) is 29.2 Å². The number of ether oxygens (including phenoxy) is 2. The highest BCUT2D eigenvalue weighted by Crippen LogP contribution is 2.28. The number of hydrogen-bond donors (Lipinski definition) is 0. The number of hydrogen-bond acceptors (Lipinski definition) is 8. The largest absolute Gasteiger partial charge is 0.492 e. The molecule has 10 heteroatoms. The van der Waals surface area contributed by atoms with E-state index in [9.17, 15) is 9.18 Å². The minimum atomic E-state index is -0.514. The first-order valence-electron chi connectivity index (χ1n) is 12.7. The predicted molar refractivity (Wildman–Crippen MR) is 139 cm³/mol. The van der Waals surface area contributed by atoms with E-state index in [4.69, 9.17) is 9.47 Å². The van der Waals surface area contributed by atoms with Crippen LogP contribution in [0.2, 0.25) is 0 Å². The normalized spacial score (nSPS) is 19.2. The lowest BCUT2D eigenvalue weighted by Crippen LogP contribution is -2.45. The van der Waals surface area contributed by atoms with Crippen molar-refractivity contribution in [1.82, 2.24) is 24.3 Å². The van der Waals surface area contributed by atoms with E-state index in [1.54, 1.807) is 7.05 Å². The molecule has 37 heavy (non-hydrogen) atoms. The Balaban J connectivity index is 1.24. The SMILES string of the molecule is CN1CCN(CCOc2ccc(C3CN(c4nc(-c5ccncc5F)cc(=O)n4C)CCO3)cc2)CC1. The van der Waals surface area contributed by atoms with E-state index in [0.717, 1.165) is 50.2 Å². The number of likely N-dealkylation sites (N-methyl/N-ethyl adjacent to an activating group) is 1. The molecule has 0 spiro atoms. The Kier molecular flexibility index (Phi) is 7.78. The third kappa shape index (κ3) is 5.98. The Labute approximate surface area is 216 Å². The Bertz CT molecular complexity index is 1260. The molecule has 2 aliphatic heterocycles. The molecule has 4 heterocycles. The Morgan fingerprint density at radius 3 is 2.62 bits per heavy atom. The molecule has 5 rings (SSSR count). The summed E-state index contributed by atoms with van der Waals surface area (Å²) in [6.07, 6.45) is 2.42. The average molecular weight is 509 g/mol. The first-order chi connectivity index (χ1) is 18.0. The van der Waals surface area contributed by atoms with Crippen LogP contribution < -0.4 is 15.2 Å². The summed E-state index contributed by atoms with van der Waals surface area (Å²) in [5.74, 6) is 0.803. The number of piperazine rings is 1. The molecule has 0 N–H and O–H groups in total. The van der Waals surface area contributed by atoms with Crippen molar-refractivity contribution >= 4 is 5.95 Å². The van der Waals surface area contributed by atoms with Gasteiger partial charge in [0.2, 0.25) is 5.95 Å². The smallest absolute Gasteiger partial charge is 0.255 e. The molecular weight excluding hydrogens is 475 g/mol. The van der Waals surface area contributed by atoms with Gasteiger partial charge >= 0.3 is 0 Å². The Morgan fingerprint density at radius 2 is 1.86 bits per heavy atom. The summed E-state index contributed by atoms with van der Waals surface area (Å²) in [6.45, 7) is 7.51. The third-order valence-electron chi connectivity index (χ3n) is 7.03. The molecular formula is C27H33FN6O3. The lowest BCUT2D eigenvalue weighted by Gasteiger charge is -2.34. The fourth-order valence-corrected chi connectivity index (χ4v) is 4.71. The molecule has 0 saturated carbocycles. The van der Waals surface area contributed by atoms with Gasteiger partial charge < -0.3 is 19.3 Å². The van der Waals surface area contributed by atoms with Crippen LogP contribution >= 0.6 is 0 Å². The zero-order valence-electron chi connectivity index (χ0n) is 21.3. The molecule has 9 nitrogen and oxygen atoms in total. The monoisotopic (exact) mass is 508 g/mol. The van der Waals surface area contributed by atoms with Gasteiger partial charge in [0.05, 0.1) is 25.0 Å². The van der Waals surface area contributed by atoms with Gasteiger partial charge in [-0.1, -0.05) is 12.1 Å². The number of nitrogens with zero attached hydrogens (tertiary/aromatic N) is 6. The molecule has 1 unspecified atom stereocenters. The number of morpholine rings is 1. The quantitative estimate of drug-likeness (QED) is 0.481. The Hall–Kier alpha value is -3.34. The van der Waals surface area contributed by atoms with Gasteiger partial charge in [0.15, 0.2) is 5.82 Å². The third-order valence-corrected chi connectivity index (χ3v) is 7.03. The van der Waals surface area contributed by atoms with Crippen LogP contribution in [0.25, 0.3) is 11.3 Å². The van der Waals surface area contributed by atoms with Crippen molar-refractivity contribution < 1.29 is 13.9 Å². The van der Waals surface area contributed by atoms with E-state index < -0.39 is 5.82 Å². The lowest BCUT2D eigenvalue weighted by atomic mass is 10.1. The molecule has 0 aliphatic carbocycles. The number of aromatic nitrogens is 3. The maximum absolute atomic E-state index is 14.3. The van der Waals surface area contributed by atoms with E-state index in [-0.39, 0.29) is 17.2 Å². The molecule has 0 bridgehead atoms. The molecule has 1 aromatic carbocycles. The van der Waals surface area contributed by atoms with E-state index >= 15 is 0 Å². The Morgan fingerprint density at radius 1 is 1.08 bits per heavy atom. The van der Waals surface area contributed by atoms with E-state index in [2.05, 4.69) is 26.8 Å². The molecule has 2 fully saturated rings. The molecule has 0 radical (unpaired) electrons. The van der Waals surface area contributed by atoms with Crippen molar-refractivity contribution in [3.05, 3.63) is 70.5 Å². The van der Waals surface area contributed by atoms with Crippen LogP contribution in [-0.2, 0) is 11.8 Å². The van der Waals surface area contributed by atoms with Crippen LogP contribution in [0, 0.1) is 5.82 Å². The second kappa shape index (κ2) is 11.4. The first kappa shape index (κ1) is 25.3. The minimum absolute atomic E-state index is 0.189. The van der Waals surface area contributed by atoms with Crippen molar-refractivity contribution in [2.75, 3.05) is 71.0 Å². The van der Waals surface area contributed by atoms with Gasteiger partial charge in [0.1, 0.15) is 18.5 Å². The fourth-order valence-electron chi connectivity index (χ4n) is 4.71. The van der Waals surface area contributed by atoms with Crippen LogP contribution in [0.4, 0.5) is 10.3 Å². The highest BCUT2D eigenvalue weighted by atomic mass is 19.1. The van der Waals surface area contributed by atoms with Gasteiger partial charge in [-0.15, -0.1) is 0 Å². The second-order valence-corrected chi connectivity index (χ2v) is 9.56. The van der Waals surface area contributed by atoms with Crippen molar-refractivity contribution in [1.29, 1.82) is 0 Å². The van der Waals surface area contributed by atoms with E-state index in [0.29, 0.717) is 37.9 Å². The number of benzene rings is 1. The van der Waals surface area contributed by atoms with Crippen molar-refractivity contribution in [3.8, 4) is 17.0 Å². The summed E-state index contributed by atoms with van der Waals surface area (Å²) >= 11 is 0. The summed E-state index contributed by atoms with van der Waals surface area (Å²) < 4.78 is 27.8. The van der Waals surface area contributed by atoms with Crippen LogP contribution in [0.15, 0.2) is 53.6 Å². The van der Waals surface area contributed by atoms with Gasteiger partial charge in [-0.2, -0.15) is 0 Å². The van der Waals surface area contributed by atoms with Gasteiger partial charge in [-0.25, -0.2) is 9.37 Å². The highest BCUT2D eigenvalue weighted by molar-refractivity contribution is 5.60. The van der Waals surface area contributed by atoms with Crippen LogP contribution in [0.5, 0.6) is 5.75 Å². The summed E-state index contributed by atoms with van der Waals surface area (Å²) in [6, 6.07) is 10.9. The van der Waals surface area contributed by atoms with Gasteiger partial charge in [0.25, 0.3) is 5.56 Å². The molecule has 3 aromatic rings. The van der Waals surface area contributed by atoms with Crippen LogP contribution in [-0.4, -0.2) is 90.4 Å². The average Bonchev–Trinajstić information content (AvgIpc) is 2.92. The van der Waals surface area contributed by atoms with Gasteiger partial charge in [-0.05, 0) is 30.8 Å². The molecule has 2 aliphatic rings. The van der Waals surface area contributed by atoms with Crippen molar-refractivity contribution in [2.45, 2.75) is 6.10 Å².